The summed E-state index contributed by atoms with van der Waals surface area (Å²) in [5, 5.41) is 9.87. The highest BCUT2D eigenvalue weighted by Crippen LogP contribution is 2.42. The summed E-state index contributed by atoms with van der Waals surface area (Å²) in [6.45, 7) is 2.22. The molecule has 0 saturated heterocycles. The molecular formula is C32H64NO7P. The molecule has 0 aliphatic heterocycles. The smallest absolute Gasteiger partial charge is 0.388 e. The van der Waals surface area contributed by atoms with Gasteiger partial charge in [-0.1, -0.05) is 102 Å². The zero-order valence-electron chi connectivity index (χ0n) is 26.4. The van der Waals surface area contributed by atoms with Crippen molar-refractivity contribution in [3.63, 3.8) is 0 Å². The highest BCUT2D eigenvalue weighted by molar-refractivity contribution is 7.47. The topological polar surface area (TPSA) is 120 Å². The van der Waals surface area contributed by atoms with Crippen LogP contribution in [0.2, 0.25) is 0 Å². The van der Waals surface area contributed by atoms with Crippen molar-refractivity contribution in [1.82, 2.24) is 0 Å². The molecule has 3 atom stereocenters. The van der Waals surface area contributed by atoms with Gasteiger partial charge >= 0.3 is 7.82 Å². The van der Waals surface area contributed by atoms with Crippen LogP contribution in [0.4, 0.5) is 0 Å². The molecule has 0 bridgehead atoms. The third-order valence-corrected chi connectivity index (χ3v) is 7.94. The van der Waals surface area contributed by atoms with Crippen molar-refractivity contribution in [2.45, 2.75) is 141 Å². The van der Waals surface area contributed by atoms with Crippen molar-refractivity contribution >= 4 is 7.82 Å². The van der Waals surface area contributed by atoms with Gasteiger partial charge < -0.3 is 25.2 Å². The van der Waals surface area contributed by atoms with Gasteiger partial charge in [0.1, 0.15) is 6.10 Å². The lowest BCUT2D eigenvalue weighted by atomic mass is 10.0. The molecule has 244 valence electrons. The second-order valence-corrected chi connectivity index (χ2v) is 12.4. The maximum atomic E-state index is 11.5. The van der Waals surface area contributed by atoms with E-state index in [-0.39, 0.29) is 32.5 Å². The number of hydrogen-bond donors (Lipinski definition) is 3. The lowest BCUT2D eigenvalue weighted by molar-refractivity contribution is -0.0377. The number of methoxy groups -OCH3 is 1. The summed E-state index contributed by atoms with van der Waals surface area (Å²) in [6.07, 6.45) is 32.5. The first-order chi connectivity index (χ1) is 19.9. The van der Waals surface area contributed by atoms with E-state index in [1.54, 1.807) is 7.11 Å². The molecule has 41 heavy (non-hydrogen) atoms. The Morgan fingerprint density at radius 2 is 1.20 bits per heavy atom. The minimum absolute atomic E-state index is 0.0240. The minimum Gasteiger partial charge on any atom is -0.388 e. The second kappa shape index (κ2) is 30.9. The Bertz CT molecular complexity index is 648. The number of rotatable bonds is 32. The van der Waals surface area contributed by atoms with E-state index < -0.39 is 13.9 Å². The van der Waals surface area contributed by atoms with Crippen LogP contribution in [-0.4, -0.2) is 62.3 Å². The quantitative estimate of drug-likeness (QED) is 0.0401. The van der Waals surface area contributed by atoms with Crippen LogP contribution in [0.3, 0.4) is 0 Å². The van der Waals surface area contributed by atoms with E-state index in [9.17, 15) is 14.6 Å². The fourth-order valence-corrected chi connectivity index (χ4v) is 5.19. The van der Waals surface area contributed by atoms with Crippen molar-refractivity contribution in [3.05, 3.63) is 24.3 Å². The maximum absolute atomic E-state index is 11.5. The molecule has 0 spiro atoms. The van der Waals surface area contributed by atoms with Crippen molar-refractivity contribution in [3.8, 4) is 0 Å². The average molecular weight is 606 g/mol. The highest BCUT2D eigenvalue weighted by Gasteiger charge is 2.22. The van der Waals surface area contributed by atoms with Crippen LogP contribution in [-0.2, 0) is 23.1 Å². The van der Waals surface area contributed by atoms with Gasteiger partial charge in [0.2, 0.25) is 0 Å². The zero-order valence-corrected chi connectivity index (χ0v) is 27.3. The molecule has 2 unspecified atom stereocenters. The summed E-state index contributed by atoms with van der Waals surface area (Å²) in [5.74, 6) is 0. The number of unbranched alkanes of at least 4 members (excludes halogenated alkanes) is 15. The van der Waals surface area contributed by atoms with Crippen LogP contribution >= 0.6 is 7.82 Å². The fraction of sp³-hybridized carbons (Fsp3) is 0.875. The third-order valence-electron chi connectivity index (χ3n) is 6.95. The van der Waals surface area contributed by atoms with E-state index in [0.717, 1.165) is 19.3 Å². The summed E-state index contributed by atoms with van der Waals surface area (Å²) >= 11 is 0. The van der Waals surface area contributed by atoms with Crippen LogP contribution in [0.1, 0.15) is 129 Å². The third kappa shape index (κ3) is 30.7. The van der Waals surface area contributed by atoms with E-state index >= 15 is 0 Å². The molecule has 4 N–H and O–H groups in total. The number of allylic oxidation sites excluding steroid dienone is 4. The fourth-order valence-electron chi connectivity index (χ4n) is 4.42. The van der Waals surface area contributed by atoms with Crippen molar-refractivity contribution in [1.29, 1.82) is 0 Å². The van der Waals surface area contributed by atoms with Gasteiger partial charge in [0, 0.05) is 13.7 Å². The van der Waals surface area contributed by atoms with E-state index in [1.165, 1.54) is 103 Å². The first kappa shape index (κ1) is 40.4. The Kier molecular flexibility index (Phi) is 30.4. The number of phosphoric ester groups is 1. The van der Waals surface area contributed by atoms with Crippen LogP contribution < -0.4 is 5.73 Å². The monoisotopic (exact) mass is 605 g/mol. The minimum atomic E-state index is -4.20. The summed E-state index contributed by atoms with van der Waals surface area (Å²) in [6, 6.07) is 0. The Balaban J connectivity index is 3.51. The number of aliphatic hydroxyl groups excluding tert-OH is 1. The lowest BCUT2D eigenvalue weighted by Gasteiger charge is -2.18. The summed E-state index contributed by atoms with van der Waals surface area (Å²) in [5.41, 5.74) is 5.22. The molecule has 0 aromatic heterocycles. The van der Waals surface area contributed by atoms with Gasteiger partial charge in [0.05, 0.1) is 32.5 Å². The highest BCUT2D eigenvalue weighted by atomic mass is 31.2. The van der Waals surface area contributed by atoms with Crippen molar-refractivity contribution in [2.75, 3.05) is 40.1 Å². The van der Waals surface area contributed by atoms with Crippen LogP contribution in [0.25, 0.3) is 0 Å². The van der Waals surface area contributed by atoms with Crippen molar-refractivity contribution in [2.24, 2.45) is 5.73 Å². The van der Waals surface area contributed by atoms with E-state index in [2.05, 4.69) is 35.8 Å². The molecule has 0 amide bonds. The molecule has 8 nitrogen and oxygen atoms in total. The number of hydrogen-bond acceptors (Lipinski definition) is 7. The molecule has 0 radical (unpaired) electrons. The van der Waals surface area contributed by atoms with Gasteiger partial charge in [-0.2, -0.15) is 0 Å². The van der Waals surface area contributed by atoms with Crippen molar-refractivity contribution < 1.29 is 33.1 Å². The SMILES string of the molecule is CCCCCC/C=C\CCCCCCCCCCCC/C=C\CCC(COC[C@@H](O)COP(=O)(O)OCCN)OC. The molecule has 0 fully saturated rings. The van der Waals surface area contributed by atoms with Crippen LogP contribution in [0.5, 0.6) is 0 Å². The van der Waals surface area contributed by atoms with E-state index in [4.69, 9.17) is 19.7 Å². The van der Waals surface area contributed by atoms with Crippen LogP contribution in [0, 0.1) is 0 Å². The first-order valence-corrected chi connectivity index (χ1v) is 17.8. The summed E-state index contributed by atoms with van der Waals surface area (Å²) < 4.78 is 31.8. The normalized spacial score (nSPS) is 15.1. The van der Waals surface area contributed by atoms with E-state index in [1.807, 2.05) is 0 Å². The van der Waals surface area contributed by atoms with Crippen LogP contribution in [0.15, 0.2) is 24.3 Å². The Labute approximate surface area is 252 Å². The predicted octanol–water partition coefficient (Wildman–Crippen LogP) is 8.02. The Hall–Kier alpha value is -0.570. The molecule has 0 aliphatic rings. The zero-order chi connectivity index (χ0) is 30.3. The number of phosphoric acid groups is 1. The number of ether oxygens (including phenoxy) is 2. The van der Waals surface area contributed by atoms with Gasteiger partial charge in [0.15, 0.2) is 0 Å². The molecule has 0 saturated carbocycles. The Morgan fingerprint density at radius 1 is 0.707 bits per heavy atom. The van der Waals surface area contributed by atoms with Gasteiger partial charge in [-0.3, -0.25) is 9.05 Å². The largest absolute Gasteiger partial charge is 0.472 e. The number of aliphatic hydroxyl groups is 1. The predicted molar refractivity (Wildman–Crippen MR) is 170 cm³/mol. The van der Waals surface area contributed by atoms with Gasteiger partial charge in [-0.05, 0) is 51.4 Å². The average Bonchev–Trinajstić information content (AvgIpc) is 2.96. The van der Waals surface area contributed by atoms with Gasteiger partial charge in [0.25, 0.3) is 0 Å². The second-order valence-electron chi connectivity index (χ2n) is 10.9. The Morgan fingerprint density at radius 3 is 1.68 bits per heavy atom. The maximum Gasteiger partial charge on any atom is 0.472 e. The standard InChI is InChI=1S/C32H64NO7P/c1-3-4-5-6-7-8-9-10-11-12-13-14-15-16-17-18-19-20-21-22-23-24-25-32(37-2)30-38-28-31(34)29-40-41(35,36)39-27-26-33/h8-9,22-23,31-32,34H,3-7,10-21,24-30,33H2,1-2H3,(H,35,36)/b9-8-,23-22-/t31-,32?/m1/s1. The first-order valence-electron chi connectivity index (χ1n) is 16.4. The molecule has 0 rings (SSSR count). The molecule has 0 aromatic carbocycles. The van der Waals surface area contributed by atoms with Gasteiger partial charge in [-0.15, -0.1) is 0 Å². The van der Waals surface area contributed by atoms with Gasteiger partial charge in [-0.25, -0.2) is 4.57 Å². The molecular weight excluding hydrogens is 541 g/mol. The molecule has 9 heteroatoms. The molecule has 0 heterocycles. The molecule has 0 aromatic rings. The summed E-state index contributed by atoms with van der Waals surface area (Å²) in [7, 11) is -2.55. The molecule has 0 aliphatic carbocycles. The number of nitrogens with two attached hydrogens (primary N) is 1. The summed E-state index contributed by atoms with van der Waals surface area (Å²) in [4.78, 5) is 9.42. The van der Waals surface area contributed by atoms with E-state index in [0.29, 0.717) is 6.61 Å². The lowest BCUT2D eigenvalue weighted by Crippen LogP contribution is -2.25.